The largest absolute Gasteiger partial charge is 0.330 e. The smallest absolute Gasteiger partial charge is 0.0240 e. The first-order valence-electron chi connectivity index (χ1n) is 7.92. The van der Waals surface area contributed by atoms with Crippen LogP contribution in [0.2, 0.25) is 0 Å². The highest BCUT2D eigenvalue weighted by Gasteiger charge is 2.13. The average molecular weight is 280 g/mol. The van der Waals surface area contributed by atoms with Gasteiger partial charge in [-0.05, 0) is 54.6 Å². The van der Waals surface area contributed by atoms with Crippen molar-refractivity contribution in [2.45, 2.75) is 32.4 Å². The highest BCUT2D eigenvalue weighted by molar-refractivity contribution is 5.28. The molecule has 0 amide bonds. The van der Waals surface area contributed by atoms with Gasteiger partial charge in [0.05, 0.1) is 0 Å². The highest BCUT2D eigenvalue weighted by Crippen LogP contribution is 2.20. The lowest BCUT2D eigenvalue weighted by molar-refractivity contribution is 0.261. The molecule has 21 heavy (non-hydrogen) atoms. The van der Waals surface area contributed by atoms with E-state index < -0.39 is 0 Å². The van der Waals surface area contributed by atoms with E-state index in [1.165, 1.54) is 41.6 Å². The Morgan fingerprint density at radius 1 is 0.905 bits per heavy atom. The van der Waals surface area contributed by atoms with Gasteiger partial charge in [0, 0.05) is 13.1 Å². The van der Waals surface area contributed by atoms with Gasteiger partial charge in [-0.25, -0.2) is 0 Å². The Kier molecular flexibility index (Phi) is 4.69. The van der Waals surface area contributed by atoms with Crippen LogP contribution in [0.3, 0.4) is 0 Å². The van der Waals surface area contributed by atoms with Crippen molar-refractivity contribution in [2.24, 2.45) is 5.73 Å². The number of hydrogen-bond donors (Lipinski definition) is 1. The van der Waals surface area contributed by atoms with Crippen molar-refractivity contribution in [1.29, 1.82) is 0 Å². The van der Waals surface area contributed by atoms with Crippen LogP contribution in [0.25, 0.3) is 0 Å². The minimum Gasteiger partial charge on any atom is -0.330 e. The van der Waals surface area contributed by atoms with Crippen molar-refractivity contribution in [3.63, 3.8) is 0 Å². The number of nitrogens with two attached hydrogens (primary N) is 1. The SMILES string of the molecule is NCCc1ccc(CN2CCCc3ccccc3C2)cc1. The van der Waals surface area contributed by atoms with Crippen LogP contribution in [0.1, 0.15) is 28.7 Å². The molecule has 2 aromatic carbocycles. The lowest BCUT2D eigenvalue weighted by Crippen LogP contribution is -2.22. The first-order valence-corrected chi connectivity index (χ1v) is 7.92. The standard InChI is InChI=1S/C19H24N2/c20-12-11-16-7-9-17(10-8-16)14-21-13-3-6-18-4-1-2-5-19(18)15-21/h1-2,4-5,7-10H,3,6,11-15,20H2. The summed E-state index contributed by atoms with van der Waals surface area (Å²) in [6.07, 6.45) is 3.43. The molecule has 1 aliphatic rings. The number of benzene rings is 2. The average Bonchev–Trinajstić information content (AvgIpc) is 2.71. The molecule has 0 fully saturated rings. The summed E-state index contributed by atoms with van der Waals surface area (Å²) in [5.41, 5.74) is 11.4. The first kappa shape index (κ1) is 14.3. The fourth-order valence-electron chi connectivity index (χ4n) is 3.14. The maximum absolute atomic E-state index is 5.60. The van der Waals surface area contributed by atoms with E-state index in [1.54, 1.807) is 0 Å². The molecule has 2 heteroatoms. The van der Waals surface area contributed by atoms with E-state index in [2.05, 4.69) is 53.4 Å². The van der Waals surface area contributed by atoms with Crippen molar-refractivity contribution >= 4 is 0 Å². The number of hydrogen-bond acceptors (Lipinski definition) is 2. The predicted octanol–water partition coefficient (Wildman–Crippen LogP) is 3.14. The molecule has 0 radical (unpaired) electrons. The molecule has 3 rings (SSSR count). The van der Waals surface area contributed by atoms with Crippen molar-refractivity contribution in [3.05, 3.63) is 70.8 Å². The molecule has 2 N–H and O–H groups in total. The molecular formula is C19H24N2. The molecule has 0 aliphatic carbocycles. The van der Waals surface area contributed by atoms with Crippen molar-refractivity contribution in [2.75, 3.05) is 13.1 Å². The molecule has 0 aromatic heterocycles. The van der Waals surface area contributed by atoms with Crippen LogP contribution < -0.4 is 5.73 Å². The number of rotatable bonds is 4. The predicted molar refractivity (Wildman–Crippen MR) is 88.1 cm³/mol. The van der Waals surface area contributed by atoms with E-state index >= 15 is 0 Å². The van der Waals surface area contributed by atoms with Crippen LogP contribution in [0.4, 0.5) is 0 Å². The van der Waals surface area contributed by atoms with E-state index in [0.717, 1.165) is 26.1 Å². The minimum absolute atomic E-state index is 0.724. The summed E-state index contributed by atoms with van der Waals surface area (Å²) < 4.78 is 0. The second-order valence-corrected chi connectivity index (χ2v) is 5.94. The molecule has 1 aliphatic heterocycles. The summed E-state index contributed by atoms with van der Waals surface area (Å²) in [6, 6.07) is 17.8. The highest BCUT2D eigenvalue weighted by atomic mass is 15.1. The minimum atomic E-state index is 0.724. The molecule has 0 spiro atoms. The monoisotopic (exact) mass is 280 g/mol. The zero-order chi connectivity index (χ0) is 14.5. The van der Waals surface area contributed by atoms with E-state index in [-0.39, 0.29) is 0 Å². The van der Waals surface area contributed by atoms with E-state index in [0.29, 0.717) is 0 Å². The van der Waals surface area contributed by atoms with Crippen molar-refractivity contribution in [1.82, 2.24) is 4.90 Å². The van der Waals surface area contributed by atoms with Gasteiger partial charge in [-0.1, -0.05) is 48.5 Å². The van der Waals surface area contributed by atoms with Gasteiger partial charge in [-0.2, -0.15) is 0 Å². The van der Waals surface area contributed by atoms with Gasteiger partial charge in [0.2, 0.25) is 0 Å². The van der Waals surface area contributed by atoms with Gasteiger partial charge < -0.3 is 5.73 Å². The molecule has 0 saturated carbocycles. The normalized spacial score (nSPS) is 15.5. The zero-order valence-electron chi connectivity index (χ0n) is 12.6. The van der Waals surface area contributed by atoms with E-state index in [9.17, 15) is 0 Å². The Bertz CT molecular complexity index is 574. The first-order chi connectivity index (χ1) is 10.3. The number of nitrogens with zero attached hydrogens (tertiary/aromatic N) is 1. The van der Waals surface area contributed by atoms with Gasteiger partial charge >= 0.3 is 0 Å². The van der Waals surface area contributed by atoms with Crippen LogP contribution in [-0.4, -0.2) is 18.0 Å². The molecule has 2 nitrogen and oxygen atoms in total. The van der Waals surface area contributed by atoms with Crippen molar-refractivity contribution < 1.29 is 0 Å². The molecule has 0 saturated heterocycles. The van der Waals surface area contributed by atoms with E-state index in [1.807, 2.05) is 0 Å². The Morgan fingerprint density at radius 3 is 2.38 bits per heavy atom. The Balaban J connectivity index is 1.67. The summed E-state index contributed by atoms with van der Waals surface area (Å²) >= 11 is 0. The van der Waals surface area contributed by atoms with Crippen LogP contribution in [0, 0.1) is 0 Å². The fourth-order valence-corrected chi connectivity index (χ4v) is 3.14. The summed E-state index contributed by atoms with van der Waals surface area (Å²) in [4.78, 5) is 2.56. The summed E-state index contributed by atoms with van der Waals surface area (Å²) in [7, 11) is 0. The van der Waals surface area contributed by atoms with Gasteiger partial charge in [0.1, 0.15) is 0 Å². The second-order valence-electron chi connectivity index (χ2n) is 5.94. The van der Waals surface area contributed by atoms with Crippen LogP contribution in [0.5, 0.6) is 0 Å². The van der Waals surface area contributed by atoms with Gasteiger partial charge in [-0.15, -0.1) is 0 Å². The van der Waals surface area contributed by atoms with Gasteiger partial charge in [0.15, 0.2) is 0 Å². The third kappa shape index (κ3) is 3.72. The second kappa shape index (κ2) is 6.88. The Labute approximate surface area is 127 Å². The molecule has 0 atom stereocenters. The quantitative estimate of drug-likeness (QED) is 0.932. The molecule has 0 unspecified atom stereocenters. The number of fused-ring (bicyclic) bond motifs is 1. The summed E-state index contributed by atoms with van der Waals surface area (Å²) in [5, 5.41) is 0. The summed E-state index contributed by atoms with van der Waals surface area (Å²) in [6.45, 7) is 4.01. The third-order valence-electron chi connectivity index (χ3n) is 4.29. The Hall–Kier alpha value is -1.64. The van der Waals surface area contributed by atoms with Gasteiger partial charge in [-0.3, -0.25) is 4.90 Å². The van der Waals surface area contributed by atoms with Crippen LogP contribution in [0.15, 0.2) is 48.5 Å². The van der Waals surface area contributed by atoms with Crippen molar-refractivity contribution in [3.8, 4) is 0 Å². The van der Waals surface area contributed by atoms with E-state index in [4.69, 9.17) is 5.73 Å². The third-order valence-corrected chi connectivity index (χ3v) is 4.29. The molecule has 2 aromatic rings. The van der Waals surface area contributed by atoms with Crippen LogP contribution in [-0.2, 0) is 25.9 Å². The van der Waals surface area contributed by atoms with Gasteiger partial charge in [0.25, 0.3) is 0 Å². The molecule has 110 valence electrons. The maximum Gasteiger partial charge on any atom is 0.0240 e. The maximum atomic E-state index is 5.60. The molecular weight excluding hydrogens is 256 g/mol. The Morgan fingerprint density at radius 2 is 1.62 bits per heavy atom. The molecule has 1 heterocycles. The topological polar surface area (TPSA) is 29.3 Å². The molecule has 0 bridgehead atoms. The summed E-state index contributed by atoms with van der Waals surface area (Å²) in [5.74, 6) is 0. The lowest BCUT2D eigenvalue weighted by atomic mass is 10.0. The lowest BCUT2D eigenvalue weighted by Gasteiger charge is -2.20. The van der Waals surface area contributed by atoms with Crippen LogP contribution >= 0.6 is 0 Å². The number of aryl methyl sites for hydroxylation is 1. The zero-order valence-corrected chi connectivity index (χ0v) is 12.6. The fraction of sp³-hybridized carbons (Fsp3) is 0.368.